The molecule has 1 N–H and O–H groups in total. The Morgan fingerprint density at radius 2 is 2.07 bits per heavy atom. The second-order valence-electron chi connectivity index (χ2n) is 5.59. The monoisotopic (exact) mass is 486 g/mol. The molecule has 1 aliphatic heterocycles. The van der Waals surface area contributed by atoms with Gasteiger partial charge < -0.3 is 5.11 Å². The molecule has 0 aliphatic carbocycles. The molecule has 1 heterocycles. The van der Waals surface area contributed by atoms with Gasteiger partial charge >= 0.3 is 5.69 Å². The Labute approximate surface area is 175 Å². The lowest BCUT2D eigenvalue weighted by atomic mass is 10.1. The largest absolute Gasteiger partial charge is 0.502 e. The molecule has 0 saturated carbocycles. The van der Waals surface area contributed by atoms with E-state index in [-0.39, 0.29) is 27.6 Å². The summed E-state index contributed by atoms with van der Waals surface area (Å²) >= 11 is 9.61. The third-order valence-corrected chi connectivity index (χ3v) is 5.54. The zero-order chi connectivity index (χ0) is 20.6. The average molecular weight is 488 g/mol. The van der Waals surface area contributed by atoms with Gasteiger partial charge in [0, 0.05) is 26.7 Å². The number of hydrogen-bond acceptors (Lipinski definition) is 6. The number of thioether (sulfide) groups is 1. The van der Waals surface area contributed by atoms with Gasteiger partial charge in [-0.1, -0.05) is 33.6 Å². The molecule has 0 spiro atoms. The van der Waals surface area contributed by atoms with Crippen LogP contribution < -0.4 is 0 Å². The van der Waals surface area contributed by atoms with Crippen LogP contribution in [0.25, 0.3) is 6.08 Å². The highest BCUT2D eigenvalue weighted by molar-refractivity contribution is 9.10. The Morgan fingerprint density at radius 1 is 1.36 bits per heavy atom. The molecule has 11 heteroatoms. The summed E-state index contributed by atoms with van der Waals surface area (Å²) in [6.45, 7) is -0.363. The third-order valence-electron chi connectivity index (χ3n) is 3.82. The van der Waals surface area contributed by atoms with E-state index in [1.165, 1.54) is 24.3 Å². The van der Waals surface area contributed by atoms with E-state index in [1.54, 1.807) is 0 Å². The summed E-state index contributed by atoms with van der Waals surface area (Å²) in [5.41, 5.74) is -0.581. The second-order valence-corrected chi connectivity index (χ2v) is 7.90. The van der Waals surface area contributed by atoms with Crippen molar-refractivity contribution in [3.8, 4) is 5.75 Å². The molecule has 0 bridgehead atoms. The quantitative estimate of drug-likeness (QED) is 0.366. The molecule has 7 nitrogen and oxygen atoms in total. The number of rotatable bonds is 4. The van der Waals surface area contributed by atoms with E-state index in [2.05, 4.69) is 15.9 Å². The Hall–Kier alpha value is -2.43. The van der Waals surface area contributed by atoms with Crippen molar-refractivity contribution < 1.29 is 24.0 Å². The Balaban J connectivity index is 1.95. The van der Waals surface area contributed by atoms with Gasteiger partial charge in [-0.2, -0.15) is 0 Å². The molecule has 0 atom stereocenters. The number of nitrogens with zero attached hydrogens (tertiary/aromatic N) is 2. The summed E-state index contributed by atoms with van der Waals surface area (Å²) in [5.74, 6) is -2.02. The smallest absolute Gasteiger partial charge is 0.312 e. The van der Waals surface area contributed by atoms with Crippen LogP contribution in [0.2, 0.25) is 5.02 Å². The van der Waals surface area contributed by atoms with Crippen molar-refractivity contribution in [3.05, 3.63) is 71.8 Å². The third kappa shape index (κ3) is 3.89. The van der Waals surface area contributed by atoms with E-state index >= 15 is 0 Å². The number of aromatic hydroxyl groups is 1. The molecular formula is C17H9BrClFN2O5S. The predicted octanol–water partition coefficient (Wildman–Crippen LogP) is 5.09. The summed E-state index contributed by atoms with van der Waals surface area (Å²) in [7, 11) is 0. The lowest BCUT2D eigenvalue weighted by Gasteiger charge is -2.14. The molecule has 2 amide bonds. The molecule has 1 fully saturated rings. The van der Waals surface area contributed by atoms with Crippen molar-refractivity contribution >= 4 is 62.2 Å². The van der Waals surface area contributed by atoms with E-state index in [1.807, 2.05) is 0 Å². The number of carbonyl (C=O) groups excluding carboxylic acids is 2. The van der Waals surface area contributed by atoms with Gasteiger partial charge in [-0.3, -0.25) is 24.6 Å². The van der Waals surface area contributed by atoms with Crippen LogP contribution in [0.15, 0.2) is 39.7 Å². The van der Waals surface area contributed by atoms with Gasteiger partial charge in [-0.05, 0) is 36.0 Å². The molecular weight excluding hydrogens is 479 g/mol. The van der Waals surface area contributed by atoms with E-state index in [0.29, 0.717) is 16.2 Å². The van der Waals surface area contributed by atoms with Crippen LogP contribution in [-0.4, -0.2) is 26.1 Å². The van der Waals surface area contributed by atoms with Gasteiger partial charge in [0.1, 0.15) is 5.82 Å². The molecule has 2 aromatic carbocycles. The maximum Gasteiger partial charge on any atom is 0.312 e. The zero-order valence-electron chi connectivity index (χ0n) is 13.7. The normalized spacial score (nSPS) is 15.5. The lowest BCUT2D eigenvalue weighted by Crippen LogP contribution is -2.28. The van der Waals surface area contributed by atoms with Crippen molar-refractivity contribution in [2.45, 2.75) is 6.54 Å². The van der Waals surface area contributed by atoms with Crippen molar-refractivity contribution in [1.82, 2.24) is 4.90 Å². The van der Waals surface area contributed by atoms with E-state index in [9.17, 15) is 29.2 Å². The molecule has 2 aromatic rings. The van der Waals surface area contributed by atoms with Gasteiger partial charge in [0.25, 0.3) is 11.1 Å². The zero-order valence-corrected chi connectivity index (χ0v) is 16.8. The number of hydrogen-bond donors (Lipinski definition) is 1. The van der Waals surface area contributed by atoms with Crippen LogP contribution in [0.1, 0.15) is 11.1 Å². The molecule has 0 unspecified atom stereocenters. The SMILES string of the molecule is O=C1S/C(=C\c2cc(Br)cc([N+](=O)[O-])c2O)C(=O)N1Cc1c(F)cccc1Cl. The maximum atomic E-state index is 14.0. The molecule has 3 rings (SSSR count). The van der Waals surface area contributed by atoms with Crippen LogP contribution in [0.4, 0.5) is 14.9 Å². The predicted molar refractivity (Wildman–Crippen MR) is 105 cm³/mol. The maximum absolute atomic E-state index is 14.0. The average Bonchev–Trinajstić information content (AvgIpc) is 2.87. The fourth-order valence-corrected chi connectivity index (χ4v) is 3.99. The number of nitro benzene ring substituents is 1. The summed E-state index contributed by atoms with van der Waals surface area (Å²) in [4.78, 5) is 35.8. The fraction of sp³-hybridized carbons (Fsp3) is 0.0588. The van der Waals surface area contributed by atoms with E-state index < -0.39 is 33.3 Å². The van der Waals surface area contributed by atoms with Gasteiger partial charge in [0.15, 0.2) is 0 Å². The van der Waals surface area contributed by atoms with Crippen LogP contribution >= 0.6 is 39.3 Å². The lowest BCUT2D eigenvalue weighted by molar-refractivity contribution is -0.385. The number of benzene rings is 2. The molecule has 1 saturated heterocycles. The van der Waals surface area contributed by atoms with E-state index in [0.717, 1.165) is 17.0 Å². The van der Waals surface area contributed by atoms with Gasteiger partial charge in [0.2, 0.25) is 5.75 Å². The van der Waals surface area contributed by atoms with E-state index in [4.69, 9.17) is 11.6 Å². The number of amides is 2. The minimum absolute atomic E-state index is 0.00587. The summed E-state index contributed by atoms with van der Waals surface area (Å²) < 4.78 is 14.3. The first-order valence-electron chi connectivity index (χ1n) is 7.54. The van der Waals surface area contributed by atoms with Gasteiger partial charge in [0.05, 0.1) is 16.4 Å². The fourth-order valence-electron chi connectivity index (χ4n) is 2.47. The van der Waals surface area contributed by atoms with Crippen molar-refractivity contribution in [3.63, 3.8) is 0 Å². The number of imide groups is 1. The standard InChI is InChI=1S/C17H9BrClFN2O5S/c18-9-4-8(15(23)13(6-9)22(26)27)5-14-16(24)21(17(25)28-14)7-10-11(19)2-1-3-12(10)20/h1-6,23H,7H2/b14-5-. The molecule has 0 radical (unpaired) electrons. The number of carbonyl (C=O) groups is 2. The first kappa shape index (κ1) is 20.3. The van der Waals surface area contributed by atoms with Crippen LogP contribution in [0.3, 0.4) is 0 Å². The van der Waals surface area contributed by atoms with Crippen molar-refractivity contribution in [2.24, 2.45) is 0 Å². The Morgan fingerprint density at radius 3 is 2.71 bits per heavy atom. The highest BCUT2D eigenvalue weighted by Crippen LogP contribution is 2.39. The van der Waals surface area contributed by atoms with Crippen LogP contribution in [-0.2, 0) is 11.3 Å². The topological polar surface area (TPSA) is 101 Å². The van der Waals surface area contributed by atoms with Crippen LogP contribution in [0, 0.1) is 15.9 Å². The van der Waals surface area contributed by atoms with Gasteiger partial charge in [-0.15, -0.1) is 0 Å². The minimum Gasteiger partial charge on any atom is -0.502 e. The highest BCUT2D eigenvalue weighted by atomic mass is 79.9. The number of phenols is 1. The minimum atomic E-state index is -0.774. The molecule has 0 aromatic heterocycles. The van der Waals surface area contributed by atoms with Crippen molar-refractivity contribution in [2.75, 3.05) is 0 Å². The molecule has 1 aliphatic rings. The number of nitro groups is 1. The number of phenolic OH excluding ortho intramolecular Hbond substituents is 1. The first-order valence-corrected chi connectivity index (χ1v) is 9.53. The van der Waals surface area contributed by atoms with Gasteiger partial charge in [-0.25, -0.2) is 4.39 Å². The van der Waals surface area contributed by atoms with Crippen LogP contribution in [0.5, 0.6) is 5.75 Å². The Kier molecular flexibility index (Phi) is 5.73. The summed E-state index contributed by atoms with van der Waals surface area (Å²) in [5, 5.41) is 20.5. The number of halogens is 3. The Bertz CT molecular complexity index is 1040. The molecule has 28 heavy (non-hydrogen) atoms. The first-order chi connectivity index (χ1) is 13.2. The summed E-state index contributed by atoms with van der Waals surface area (Å²) in [6, 6.07) is 6.47. The van der Waals surface area contributed by atoms with Crippen molar-refractivity contribution in [1.29, 1.82) is 0 Å². The summed E-state index contributed by atoms with van der Waals surface area (Å²) in [6.07, 6.45) is 1.17. The second kappa shape index (κ2) is 7.90. The molecule has 144 valence electrons. The highest BCUT2D eigenvalue weighted by Gasteiger charge is 2.36.